The van der Waals surface area contributed by atoms with Crippen LogP contribution in [0.1, 0.15) is 48.9 Å². The van der Waals surface area contributed by atoms with Gasteiger partial charge >= 0.3 is 0 Å². The number of aryl methyl sites for hydroxylation is 1. The summed E-state index contributed by atoms with van der Waals surface area (Å²) < 4.78 is 28.2. The zero-order valence-electron chi connectivity index (χ0n) is 18.1. The summed E-state index contributed by atoms with van der Waals surface area (Å²) in [5, 5.41) is 7.09. The van der Waals surface area contributed by atoms with Gasteiger partial charge in [0.25, 0.3) is 15.6 Å². The Morgan fingerprint density at radius 2 is 1.94 bits per heavy atom. The Morgan fingerprint density at radius 3 is 2.50 bits per heavy atom. The van der Waals surface area contributed by atoms with Gasteiger partial charge in [0.2, 0.25) is 11.9 Å². The highest BCUT2D eigenvalue weighted by atomic mass is 32.2. The topological polar surface area (TPSA) is 193 Å². The van der Waals surface area contributed by atoms with E-state index in [1.54, 1.807) is 25.1 Å². The lowest BCUT2D eigenvalue weighted by atomic mass is 9.92. The first-order valence-corrected chi connectivity index (χ1v) is 11.3. The van der Waals surface area contributed by atoms with Gasteiger partial charge in [-0.25, -0.2) is 13.9 Å². The number of guanidine groups is 1. The maximum absolute atomic E-state index is 13.0. The van der Waals surface area contributed by atoms with Gasteiger partial charge in [0.05, 0.1) is 17.4 Å². The highest BCUT2D eigenvalue weighted by Gasteiger charge is 2.27. The molecular weight excluding hydrogens is 436 g/mol. The number of anilines is 1. The predicted octanol–water partition coefficient (Wildman–Crippen LogP) is 0.981. The molecule has 2 aromatic rings. The van der Waals surface area contributed by atoms with Gasteiger partial charge in [0, 0.05) is 5.69 Å². The highest BCUT2D eigenvalue weighted by Crippen LogP contribution is 2.29. The summed E-state index contributed by atoms with van der Waals surface area (Å²) in [5.41, 5.74) is 13.2. The van der Waals surface area contributed by atoms with Crippen molar-refractivity contribution in [1.29, 1.82) is 5.41 Å². The monoisotopic (exact) mass is 464 g/mol. The molecule has 1 aromatic carbocycles. The molecule has 32 heavy (non-hydrogen) atoms. The van der Waals surface area contributed by atoms with E-state index >= 15 is 0 Å². The Balaban J connectivity index is 2.53. The number of aromatic nitrogens is 1. The number of benzene rings is 1. The minimum Gasteiger partial charge on any atom is -0.369 e. The molecule has 11 nitrogen and oxygen atoms in total. The fraction of sp³-hybridized carbons (Fsp3) is 0.350. The average molecular weight is 465 g/mol. The highest BCUT2D eigenvalue weighted by molar-refractivity contribution is 7.92. The smallest absolute Gasteiger partial charge is 0.272 e. The quantitative estimate of drug-likeness (QED) is 0.130. The molecule has 0 aliphatic rings. The predicted molar refractivity (Wildman–Crippen MR) is 121 cm³/mol. The molecule has 0 saturated carbocycles. The largest absolute Gasteiger partial charge is 0.369 e. The second-order valence-electron chi connectivity index (χ2n) is 7.57. The van der Waals surface area contributed by atoms with Crippen molar-refractivity contribution in [2.24, 2.45) is 11.5 Å². The van der Waals surface area contributed by atoms with Crippen molar-refractivity contribution in [3.05, 3.63) is 57.5 Å². The summed E-state index contributed by atoms with van der Waals surface area (Å²) in [4.78, 5) is 32.7. The molecule has 0 aliphatic carbocycles. The van der Waals surface area contributed by atoms with Crippen molar-refractivity contribution in [1.82, 2.24) is 10.5 Å². The first kappa shape index (κ1) is 24.9. The van der Waals surface area contributed by atoms with Gasteiger partial charge in [-0.15, -0.1) is 0 Å². The molecule has 1 unspecified atom stereocenters. The van der Waals surface area contributed by atoms with Crippen LogP contribution in [0.25, 0.3) is 0 Å². The summed E-state index contributed by atoms with van der Waals surface area (Å²) >= 11 is 0. The fourth-order valence-corrected chi connectivity index (χ4v) is 4.22. The van der Waals surface area contributed by atoms with Crippen LogP contribution in [0.5, 0.6) is 0 Å². The third-order valence-corrected chi connectivity index (χ3v) is 6.00. The molecule has 0 spiro atoms. The minimum atomic E-state index is -4.12. The lowest BCUT2D eigenvalue weighted by molar-refractivity contribution is -0.120. The summed E-state index contributed by atoms with van der Waals surface area (Å²) in [6.07, 6.45) is 0.00970. The van der Waals surface area contributed by atoms with Gasteiger partial charge in [-0.3, -0.25) is 24.6 Å². The van der Waals surface area contributed by atoms with E-state index < -0.39 is 33.4 Å². The zero-order chi connectivity index (χ0) is 24.1. The van der Waals surface area contributed by atoms with Crippen LogP contribution in [-0.4, -0.2) is 31.9 Å². The number of carbonyl (C=O) groups is 1. The van der Waals surface area contributed by atoms with Crippen LogP contribution >= 0.6 is 0 Å². The van der Waals surface area contributed by atoms with E-state index in [0.29, 0.717) is 5.69 Å². The maximum Gasteiger partial charge on any atom is 0.272 e. The molecular formula is C20H28N6O5S. The van der Waals surface area contributed by atoms with E-state index in [0.717, 1.165) is 5.56 Å². The van der Waals surface area contributed by atoms with Crippen molar-refractivity contribution < 1.29 is 18.0 Å². The number of carbonyl (C=O) groups excluding carboxylic acids is 1. The molecule has 0 radical (unpaired) electrons. The van der Waals surface area contributed by atoms with Gasteiger partial charge in [-0.1, -0.05) is 26.0 Å². The van der Waals surface area contributed by atoms with Gasteiger partial charge in [0.1, 0.15) is 5.69 Å². The van der Waals surface area contributed by atoms with E-state index in [1.165, 1.54) is 12.1 Å². The van der Waals surface area contributed by atoms with Crippen molar-refractivity contribution >= 4 is 27.6 Å². The van der Waals surface area contributed by atoms with Crippen molar-refractivity contribution in [2.75, 3.05) is 11.3 Å². The lowest BCUT2D eigenvalue weighted by Crippen LogP contribution is -2.32. The number of amides is 1. The summed E-state index contributed by atoms with van der Waals surface area (Å²) in [6, 6.07) is 7.74. The lowest BCUT2D eigenvalue weighted by Gasteiger charge is -2.20. The third-order valence-electron chi connectivity index (χ3n) is 4.65. The summed E-state index contributed by atoms with van der Waals surface area (Å²) in [7, 11) is -4.12. The molecule has 2 rings (SSSR count). The first-order valence-electron chi connectivity index (χ1n) is 9.80. The number of hydrogen-bond donors (Lipinski definition) is 6. The van der Waals surface area contributed by atoms with Crippen LogP contribution in [-0.2, 0) is 19.7 Å². The van der Waals surface area contributed by atoms with Gasteiger partial charge in [0.15, 0.2) is 0 Å². The summed E-state index contributed by atoms with van der Waals surface area (Å²) in [5.74, 6) is -2.34. The first-order chi connectivity index (χ1) is 14.9. The molecule has 12 heteroatoms. The van der Waals surface area contributed by atoms with Gasteiger partial charge < -0.3 is 16.5 Å². The Labute approximate surface area is 186 Å². The Bertz CT molecular complexity index is 1160. The number of rotatable bonds is 10. The number of sulfonamides is 1. The summed E-state index contributed by atoms with van der Waals surface area (Å²) in [6.45, 7) is 5.34. The third kappa shape index (κ3) is 6.31. The normalized spacial score (nSPS) is 12.4. The van der Waals surface area contributed by atoms with Crippen LogP contribution < -0.4 is 27.2 Å². The molecule has 0 fully saturated rings. The Hall–Kier alpha value is -3.38. The van der Waals surface area contributed by atoms with Crippen LogP contribution in [0.15, 0.2) is 40.0 Å². The van der Waals surface area contributed by atoms with E-state index in [9.17, 15) is 18.0 Å². The molecule has 1 aromatic heterocycles. The zero-order valence-corrected chi connectivity index (χ0v) is 18.9. The van der Waals surface area contributed by atoms with Crippen LogP contribution in [0, 0.1) is 12.3 Å². The van der Waals surface area contributed by atoms with E-state index in [1.807, 2.05) is 13.8 Å². The van der Waals surface area contributed by atoms with Crippen molar-refractivity contribution in [2.45, 2.75) is 43.9 Å². The van der Waals surface area contributed by atoms with E-state index in [2.05, 4.69) is 15.2 Å². The number of nitrogens with two attached hydrogens (primary N) is 2. The molecule has 0 saturated heterocycles. The van der Waals surface area contributed by atoms with Gasteiger partial charge in [-0.05, 0) is 48.6 Å². The second-order valence-corrected chi connectivity index (χ2v) is 9.25. The number of hydrogen-bond acceptors (Lipinski definition) is 6. The van der Waals surface area contributed by atoms with Crippen LogP contribution in [0.3, 0.4) is 0 Å². The standard InChI is InChI=1S/C20H28N6O5S/c1-11(2)16-10-15(14(18(21)27)7-8-31-25-20(22)23)17(19(28)24-16)26-32(29,30)13-6-4-5-12(3)9-13/h4-6,9-11,14,26H,7-8H2,1-3H3,(H2,21,27)(H,24,28)(H4,22,23,25). The van der Waals surface area contributed by atoms with Crippen LogP contribution in [0.4, 0.5) is 5.69 Å². The molecule has 1 heterocycles. The number of hydroxylamine groups is 1. The second kappa shape index (κ2) is 10.3. The van der Waals surface area contributed by atoms with Crippen molar-refractivity contribution in [3.63, 3.8) is 0 Å². The van der Waals surface area contributed by atoms with E-state index in [4.69, 9.17) is 21.7 Å². The Morgan fingerprint density at radius 1 is 1.25 bits per heavy atom. The molecule has 0 aliphatic heterocycles. The molecule has 174 valence electrons. The van der Waals surface area contributed by atoms with Crippen molar-refractivity contribution in [3.8, 4) is 0 Å². The average Bonchev–Trinajstić information content (AvgIpc) is 2.69. The number of aromatic amines is 1. The number of nitrogens with one attached hydrogen (secondary N) is 4. The number of pyridine rings is 1. The molecule has 1 amide bonds. The molecule has 8 N–H and O–H groups in total. The van der Waals surface area contributed by atoms with Gasteiger partial charge in [-0.2, -0.15) is 0 Å². The fourth-order valence-electron chi connectivity index (χ4n) is 3.02. The molecule has 0 bridgehead atoms. The molecule has 1 atom stereocenters. The van der Waals surface area contributed by atoms with E-state index in [-0.39, 0.29) is 35.1 Å². The SMILES string of the molecule is Cc1cccc(S(=O)(=O)Nc2c(C(CCONC(=N)N)C(N)=O)cc(C(C)C)[nH]c2=O)c1. The minimum absolute atomic E-state index is 0.00970. The number of H-pyrrole nitrogens is 1. The van der Waals surface area contributed by atoms with Crippen LogP contribution in [0.2, 0.25) is 0 Å². The number of primary amides is 1. The Kier molecular flexibility index (Phi) is 8.00. The maximum atomic E-state index is 13.0.